The number of hydrogen-bond donors (Lipinski definition) is 3. The van der Waals surface area contributed by atoms with Crippen molar-refractivity contribution < 1.29 is 36.7 Å². The average Bonchev–Trinajstić information content (AvgIpc) is 3.91. The molecule has 1 unspecified atom stereocenters. The van der Waals surface area contributed by atoms with E-state index in [-0.39, 0.29) is 36.5 Å². The lowest BCUT2D eigenvalue weighted by atomic mass is 10.0. The topological polar surface area (TPSA) is 195 Å². The molecule has 53 heavy (non-hydrogen) atoms. The summed E-state index contributed by atoms with van der Waals surface area (Å²) < 4.78 is 49.7. The van der Waals surface area contributed by atoms with Gasteiger partial charge in [0.2, 0.25) is 27.7 Å². The Bertz CT molecular complexity index is 2120. The second-order valence-electron chi connectivity index (χ2n) is 14.8. The first-order valence-corrected chi connectivity index (χ1v) is 19.4. The zero-order valence-corrected chi connectivity index (χ0v) is 30.6. The van der Waals surface area contributed by atoms with Crippen molar-refractivity contribution in [2.75, 3.05) is 6.54 Å². The highest BCUT2D eigenvalue weighted by atomic mass is 32.2. The molecule has 1 aromatic carbocycles. The second-order valence-corrected chi connectivity index (χ2v) is 17.0. The molecule has 282 valence electrons. The maximum absolute atomic E-state index is 14.7. The van der Waals surface area contributed by atoms with Crippen LogP contribution in [0.3, 0.4) is 0 Å². The number of fused-ring (bicyclic) bond motifs is 3. The van der Waals surface area contributed by atoms with Crippen LogP contribution in [0.2, 0.25) is 0 Å². The lowest BCUT2D eigenvalue weighted by Crippen LogP contribution is -2.58. The molecule has 2 aromatic heterocycles. The van der Waals surface area contributed by atoms with E-state index in [4.69, 9.17) is 4.74 Å². The van der Waals surface area contributed by atoms with E-state index < -0.39 is 73.9 Å². The number of amides is 4. The van der Waals surface area contributed by atoms with E-state index in [0.29, 0.717) is 43.3 Å². The van der Waals surface area contributed by atoms with E-state index >= 15 is 0 Å². The Balaban J connectivity index is 1.20. The summed E-state index contributed by atoms with van der Waals surface area (Å²) in [6.45, 7) is 3.13. The second kappa shape index (κ2) is 13.8. The average molecular weight is 751 g/mol. The van der Waals surface area contributed by atoms with E-state index in [2.05, 4.69) is 30.4 Å². The molecule has 0 spiro atoms. The fourth-order valence-corrected chi connectivity index (χ4v) is 8.47. The van der Waals surface area contributed by atoms with E-state index in [1.54, 1.807) is 27.0 Å². The summed E-state index contributed by atoms with van der Waals surface area (Å²) in [4.78, 5) is 66.1. The number of para-hydroxylation sites is 1. The van der Waals surface area contributed by atoms with Crippen LogP contribution >= 0.6 is 0 Å². The number of sulfonamides is 1. The van der Waals surface area contributed by atoms with E-state index in [0.717, 1.165) is 12.8 Å². The number of benzene rings is 1. The quantitative estimate of drug-likeness (QED) is 0.302. The molecule has 4 amide bonds. The SMILES string of the molecule is Cc1nc2cccc(F)c2nc1O[C@@H]1C[C@H]2C(=O)N[C@]3(C(=O)NS(=O)(=O)C4(C)CC4)CC3/C=C\CCCCC[C@H](NC(=O)c3ccnn3C)C(=O)N2C1. The van der Waals surface area contributed by atoms with Crippen LogP contribution in [0.15, 0.2) is 42.6 Å². The molecular weight excluding hydrogens is 708 g/mol. The Morgan fingerprint density at radius 1 is 1.11 bits per heavy atom. The van der Waals surface area contributed by atoms with E-state index in [1.165, 1.54) is 34.0 Å². The van der Waals surface area contributed by atoms with Crippen molar-refractivity contribution in [3.05, 3.63) is 59.8 Å². The highest BCUT2D eigenvalue weighted by Gasteiger charge is 2.63. The van der Waals surface area contributed by atoms with Gasteiger partial charge in [0, 0.05) is 25.6 Å². The van der Waals surface area contributed by atoms with Crippen LogP contribution in [0.1, 0.15) is 80.9 Å². The maximum atomic E-state index is 14.7. The zero-order chi connectivity index (χ0) is 37.7. The highest BCUT2D eigenvalue weighted by molar-refractivity contribution is 7.91. The predicted molar refractivity (Wildman–Crippen MR) is 189 cm³/mol. The van der Waals surface area contributed by atoms with Gasteiger partial charge in [-0.05, 0) is 70.6 Å². The van der Waals surface area contributed by atoms with E-state index in [1.807, 2.05) is 12.2 Å². The van der Waals surface area contributed by atoms with Crippen molar-refractivity contribution in [2.24, 2.45) is 13.0 Å². The summed E-state index contributed by atoms with van der Waals surface area (Å²) in [7, 11) is -2.40. The lowest BCUT2D eigenvalue weighted by Gasteiger charge is -2.30. The highest BCUT2D eigenvalue weighted by Crippen LogP contribution is 2.47. The summed E-state index contributed by atoms with van der Waals surface area (Å²) >= 11 is 0. The minimum atomic E-state index is -4.01. The number of halogens is 1. The molecule has 2 aliphatic carbocycles. The summed E-state index contributed by atoms with van der Waals surface area (Å²) in [5, 5.41) is 9.75. The Morgan fingerprint density at radius 2 is 1.91 bits per heavy atom. The third-order valence-electron chi connectivity index (χ3n) is 10.9. The van der Waals surface area contributed by atoms with Gasteiger partial charge in [0.05, 0.1) is 16.8 Å². The largest absolute Gasteiger partial charge is 0.471 e. The molecule has 4 aliphatic rings. The first-order chi connectivity index (χ1) is 25.2. The van der Waals surface area contributed by atoms with Crippen molar-refractivity contribution in [3.63, 3.8) is 0 Å². The van der Waals surface area contributed by atoms with Crippen LogP contribution in [-0.4, -0.2) is 91.7 Å². The Hall–Kier alpha value is -4.93. The van der Waals surface area contributed by atoms with Gasteiger partial charge in [0.1, 0.15) is 40.6 Å². The standard InChI is InChI=1S/C36H43FN8O7S/c1-21-32(41-29-24(37)11-9-13-25(29)39-21)52-23-18-28-31(47)42-36(34(49)43-53(50,51)35(2)15-16-35)19-22(36)10-7-5-4-6-8-12-26(33(48)45(28)20-23)40-30(46)27-14-17-38-44(27)3/h7,9-11,13-14,17,22-23,26,28H,4-6,8,12,15-16,18-20H2,1-3H3,(H,40,46)(H,42,47)(H,43,49)/b10-7-/t22?,23-,26+,28+,36-/m1/s1. The number of rotatable bonds is 7. The number of nitrogens with one attached hydrogen (secondary N) is 3. The van der Waals surface area contributed by atoms with Gasteiger partial charge < -0.3 is 20.3 Å². The molecule has 7 rings (SSSR count). The summed E-state index contributed by atoms with van der Waals surface area (Å²) in [6.07, 6.45) is 8.49. The first kappa shape index (κ1) is 36.4. The Kier molecular flexibility index (Phi) is 9.49. The maximum Gasteiger partial charge on any atom is 0.270 e. The van der Waals surface area contributed by atoms with Gasteiger partial charge in [-0.25, -0.2) is 22.8 Å². The van der Waals surface area contributed by atoms with E-state index in [9.17, 15) is 32.0 Å². The van der Waals surface area contributed by atoms with Crippen LogP contribution in [0.5, 0.6) is 5.88 Å². The normalized spacial score (nSPS) is 27.7. The number of carbonyl (C=O) groups excluding carboxylic acids is 4. The van der Waals surface area contributed by atoms with Gasteiger partial charge in [-0.15, -0.1) is 0 Å². The van der Waals surface area contributed by atoms with Crippen LogP contribution < -0.4 is 20.1 Å². The fourth-order valence-electron chi connectivity index (χ4n) is 7.16. The van der Waals surface area contributed by atoms with Gasteiger partial charge in [-0.3, -0.25) is 28.6 Å². The smallest absolute Gasteiger partial charge is 0.270 e. The minimum Gasteiger partial charge on any atom is -0.471 e. The molecule has 17 heteroatoms. The fraction of sp³-hybridized carbons (Fsp3) is 0.528. The van der Waals surface area contributed by atoms with Crippen LogP contribution in [0.25, 0.3) is 11.0 Å². The Labute approximate surface area is 306 Å². The van der Waals surface area contributed by atoms with Crippen molar-refractivity contribution in [1.82, 2.24) is 40.0 Å². The number of carbonyl (C=O) groups is 4. The van der Waals surface area contributed by atoms with Crippen molar-refractivity contribution in [2.45, 2.75) is 100 Å². The molecule has 0 radical (unpaired) electrons. The number of hydrogen-bond acceptors (Lipinski definition) is 10. The number of aryl methyl sites for hydroxylation is 2. The lowest BCUT2D eigenvalue weighted by molar-refractivity contribution is -0.141. The number of ether oxygens (including phenoxy) is 1. The molecule has 3 fully saturated rings. The summed E-state index contributed by atoms with van der Waals surface area (Å²) in [6, 6.07) is 3.75. The number of nitrogens with zero attached hydrogens (tertiary/aromatic N) is 5. The molecule has 0 bridgehead atoms. The Morgan fingerprint density at radius 3 is 2.64 bits per heavy atom. The number of allylic oxidation sites excluding steroid dienone is 1. The van der Waals surface area contributed by atoms with Gasteiger partial charge >= 0.3 is 0 Å². The number of aromatic nitrogens is 4. The monoisotopic (exact) mass is 750 g/mol. The molecule has 1 saturated heterocycles. The molecule has 2 aliphatic heterocycles. The van der Waals surface area contributed by atoms with Gasteiger partial charge in [0.25, 0.3) is 11.8 Å². The summed E-state index contributed by atoms with van der Waals surface area (Å²) in [5.74, 6) is -3.56. The first-order valence-electron chi connectivity index (χ1n) is 18.0. The van der Waals surface area contributed by atoms with Crippen molar-refractivity contribution in [1.29, 1.82) is 0 Å². The molecule has 4 heterocycles. The van der Waals surface area contributed by atoms with Crippen LogP contribution in [-0.2, 0) is 31.5 Å². The molecule has 2 saturated carbocycles. The predicted octanol–water partition coefficient (Wildman–Crippen LogP) is 2.35. The van der Waals surface area contributed by atoms with Gasteiger partial charge in [0.15, 0.2) is 5.82 Å². The minimum absolute atomic E-state index is 0.00324. The van der Waals surface area contributed by atoms with Crippen LogP contribution in [0.4, 0.5) is 4.39 Å². The third kappa shape index (κ3) is 7.10. The van der Waals surface area contributed by atoms with Crippen molar-refractivity contribution in [3.8, 4) is 5.88 Å². The molecule has 15 nitrogen and oxygen atoms in total. The molecular formula is C36H43FN8O7S. The van der Waals surface area contributed by atoms with Gasteiger partial charge in [-0.1, -0.05) is 31.1 Å². The van der Waals surface area contributed by atoms with Gasteiger partial charge in [-0.2, -0.15) is 5.10 Å². The molecule has 3 aromatic rings. The van der Waals surface area contributed by atoms with Crippen molar-refractivity contribution >= 4 is 44.7 Å². The molecule has 3 N–H and O–H groups in total. The molecule has 5 atom stereocenters. The third-order valence-corrected chi connectivity index (χ3v) is 13.0. The van der Waals surface area contributed by atoms with Crippen LogP contribution in [0, 0.1) is 18.7 Å². The summed E-state index contributed by atoms with van der Waals surface area (Å²) in [5.41, 5.74) is -0.590. The zero-order valence-electron chi connectivity index (χ0n) is 29.8.